The Hall–Kier alpha value is -2.68. The summed E-state index contributed by atoms with van der Waals surface area (Å²) in [6.45, 7) is 5.16. The first-order chi connectivity index (χ1) is 9.61. The molecule has 2 rings (SSSR count). The fourth-order valence-corrected chi connectivity index (χ4v) is 1.72. The summed E-state index contributed by atoms with van der Waals surface area (Å²) in [6, 6.07) is 14.3. The monoisotopic (exact) mass is 266 g/mol. The molecule has 0 heterocycles. The molecule has 0 aliphatic rings. The van der Waals surface area contributed by atoms with Crippen molar-refractivity contribution in [2.45, 2.75) is 6.92 Å². The Morgan fingerprint density at radius 3 is 2.35 bits per heavy atom. The average molecular weight is 266 g/mol. The molecule has 3 nitrogen and oxygen atoms in total. The molecule has 0 spiro atoms. The van der Waals surface area contributed by atoms with E-state index in [1.165, 1.54) is 0 Å². The number of ether oxygens (including phenoxy) is 1. The van der Waals surface area contributed by atoms with Crippen molar-refractivity contribution in [1.82, 2.24) is 0 Å². The van der Waals surface area contributed by atoms with Crippen molar-refractivity contribution < 1.29 is 14.3 Å². The summed E-state index contributed by atoms with van der Waals surface area (Å²) in [5.41, 5.74) is 2.61. The number of esters is 1. The maximum atomic E-state index is 11.6. The van der Waals surface area contributed by atoms with Crippen molar-refractivity contribution in [3.8, 4) is 16.9 Å². The Bertz CT molecular complexity index is 654. The normalized spacial score (nSPS) is 9.85. The Morgan fingerprint density at radius 2 is 1.75 bits per heavy atom. The Balaban J connectivity index is 2.38. The predicted octanol–water partition coefficient (Wildman–Crippen LogP) is 3.65. The lowest BCUT2D eigenvalue weighted by atomic mass is 10.0. The maximum Gasteiger partial charge on any atom is 0.338 e. The van der Waals surface area contributed by atoms with Crippen LogP contribution in [-0.4, -0.2) is 12.3 Å². The number of rotatable bonds is 4. The highest BCUT2D eigenvalue weighted by atomic mass is 16.5. The van der Waals surface area contributed by atoms with Crippen molar-refractivity contribution in [3.63, 3.8) is 0 Å². The van der Waals surface area contributed by atoms with E-state index in [2.05, 4.69) is 6.58 Å². The van der Waals surface area contributed by atoms with Crippen molar-refractivity contribution in [2.75, 3.05) is 0 Å². The zero-order chi connectivity index (χ0) is 14.5. The van der Waals surface area contributed by atoms with Gasteiger partial charge in [0.15, 0.2) is 0 Å². The van der Waals surface area contributed by atoms with E-state index in [1.807, 2.05) is 24.3 Å². The van der Waals surface area contributed by atoms with Crippen molar-refractivity contribution >= 4 is 12.3 Å². The van der Waals surface area contributed by atoms with Gasteiger partial charge in [0, 0.05) is 16.7 Å². The third kappa shape index (κ3) is 3.01. The van der Waals surface area contributed by atoms with Crippen LogP contribution in [0.5, 0.6) is 5.75 Å². The third-order valence-corrected chi connectivity index (χ3v) is 2.80. The van der Waals surface area contributed by atoms with Gasteiger partial charge in [-0.2, -0.15) is 0 Å². The SMILES string of the molecule is C=C(C)C(=O)Oc1ccccc1-c1ccc(C=O)cc1. The molecule has 0 amide bonds. The van der Waals surface area contributed by atoms with E-state index in [0.29, 0.717) is 16.9 Å². The standard InChI is InChI=1S/C17H14O3/c1-12(2)17(19)20-16-6-4-3-5-15(16)14-9-7-13(11-18)8-10-14/h3-11H,1H2,2H3. The topological polar surface area (TPSA) is 43.4 Å². The first-order valence-corrected chi connectivity index (χ1v) is 6.14. The van der Waals surface area contributed by atoms with Gasteiger partial charge >= 0.3 is 5.97 Å². The minimum absolute atomic E-state index is 0.344. The molecule has 0 unspecified atom stereocenters. The van der Waals surface area contributed by atoms with Gasteiger partial charge in [0.2, 0.25) is 0 Å². The molecule has 0 N–H and O–H groups in total. The second-order valence-corrected chi connectivity index (χ2v) is 4.41. The molecule has 0 aliphatic heterocycles. The van der Waals surface area contributed by atoms with E-state index in [-0.39, 0.29) is 0 Å². The van der Waals surface area contributed by atoms with Crippen LogP contribution in [0.1, 0.15) is 17.3 Å². The highest BCUT2D eigenvalue weighted by Crippen LogP contribution is 2.30. The third-order valence-electron chi connectivity index (χ3n) is 2.80. The average Bonchev–Trinajstić information content (AvgIpc) is 2.48. The molecule has 0 saturated carbocycles. The molecule has 0 radical (unpaired) electrons. The Morgan fingerprint density at radius 1 is 1.10 bits per heavy atom. The zero-order valence-electron chi connectivity index (χ0n) is 11.1. The molecule has 20 heavy (non-hydrogen) atoms. The predicted molar refractivity (Wildman–Crippen MR) is 77.7 cm³/mol. The van der Waals surface area contributed by atoms with Crippen LogP contribution in [-0.2, 0) is 4.79 Å². The number of carbonyl (C=O) groups excluding carboxylic acids is 2. The van der Waals surface area contributed by atoms with Gasteiger partial charge in [-0.25, -0.2) is 4.79 Å². The number of benzene rings is 2. The van der Waals surface area contributed by atoms with Crippen molar-refractivity contribution in [3.05, 3.63) is 66.2 Å². The number of hydrogen-bond acceptors (Lipinski definition) is 3. The van der Waals surface area contributed by atoms with Crippen molar-refractivity contribution in [1.29, 1.82) is 0 Å². The Kier molecular flexibility index (Phi) is 4.11. The molecular formula is C17H14O3. The fraction of sp³-hybridized carbons (Fsp3) is 0.0588. The molecule has 2 aromatic carbocycles. The van der Waals surface area contributed by atoms with Gasteiger partial charge in [-0.1, -0.05) is 49.0 Å². The van der Waals surface area contributed by atoms with E-state index in [4.69, 9.17) is 4.74 Å². The first-order valence-electron chi connectivity index (χ1n) is 6.14. The summed E-state index contributed by atoms with van der Waals surface area (Å²) in [7, 11) is 0. The molecule has 0 atom stereocenters. The molecule has 0 fully saturated rings. The summed E-state index contributed by atoms with van der Waals surface area (Å²) in [5.74, 6) is 0.0151. The van der Waals surface area contributed by atoms with Crippen LogP contribution in [0.2, 0.25) is 0 Å². The summed E-state index contributed by atoms with van der Waals surface area (Å²) < 4.78 is 5.31. The van der Waals surface area contributed by atoms with Crippen molar-refractivity contribution in [2.24, 2.45) is 0 Å². The minimum Gasteiger partial charge on any atom is -0.423 e. The van der Waals surface area contributed by atoms with Gasteiger partial charge in [0.05, 0.1) is 0 Å². The van der Waals surface area contributed by atoms with Gasteiger partial charge < -0.3 is 4.74 Å². The fourth-order valence-electron chi connectivity index (χ4n) is 1.72. The van der Waals surface area contributed by atoms with E-state index in [0.717, 1.165) is 17.4 Å². The van der Waals surface area contributed by atoms with Gasteiger partial charge in [0.25, 0.3) is 0 Å². The van der Waals surface area contributed by atoms with E-state index in [9.17, 15) is 9.59 Å². The van der Waals surface area contributed by atoms with Crippen LogP contribution in [0.3, 0.4) is 0 Å². The second kappa shape index (κ2) is 5.97. The number of para-hydroxylation sites is 1. The van der Waals surface area contributed by atoms with Gasteiger partial charge in [0.1, 0.15) is 12.0 Å². The molecular weight excluding hydrogens is 252 g/mol. The summed E-state index contributed by atoms with van der Waals surface area (Å²) in [4.78, 5) is 22.3. The van der Waals surface area contributed by atoms with Crippen LogP contribution in [0, 0.1) is 0 Å². The number of aldehydes is 1. The smallest absolute Gasteiger partial charge is 0.338 e. The zero-order valence-corrected chi connectivity index (χ0v) is 11.1. The van der Waals surface area contributed by atoms with Gasteiger partial charge in [-0.05, 0) is 18.6 Å². The highest BCUT2D eigenvalue weighted by molar-refractivity contribution is 5.90. The highest BCUT2D eigenvalue weighted by Gasteiger charge is 2.10. The molecule has 0 aliphatic carbocycles. The second-order valence-electron chi connectivity index (χ2n) is 4.41. The lowest BCUT2D eigenvalue weighted by Gasteiger charge is -2.10. The minimum atomic E-state index is -0.457. The molecule has 0 aromatic heterocycles. The molecule has 100 valence electrons. The van der Waals surface area contributed by atoms with Gasteiger partial charge in [-0.15, -0.1) is 0 Å². The summed E-state index contributed by atoms with van der Waals surface area (Å²) >= 11 is 0. The van der Waals surface area contributed by atoms with Crippen LogP contribution in [0.15, 0.2) is 60.7 Å². The quantitative estimate of drug-likeness (QED) is 0.367. The lowest BCUT2D eigenvalue weighted by Crippen LogP contribution is -2.08. The summed E-state index contributed by atoms with van der Waals surface area (Å²) in [6.07, 6.45) is 0.788. The molecule has 0 bridgehead atoms. The maximum absolute atomic E-state index is 11.6. The van der Waals surface area contributed by atoms with E-state index < -0.39 is 5.97 Å². The van der Waals surface area contributed by atoms with Crippen LogP contribution in [0.4, 0.5) is 0 Å². The number of hydrogen-bond donors (Lipinski definition) is 0. The van der Waals surface area contributed by atoms with Crippen LogP contribution < -0.4 is 4.74 Å². The van der Waals surface area contributed by atoms with Crippen LogP contribution in [0.25, 0.3) is 11.1 Å². The van der Waals surface area contributed by atoms with E-state index in [1.54, 1.807) is 31.2 Å². The molecule has 2 aromatic rings. The number of carbonyl (C=O) groups is 2. The largest absolute Gasteiger partial charge is 0.423 e. The first kappa shape index (κ1) is 13.7. The molecule has 0 saturated heterocycles. The summed E-state index contributed by atoms with van der Waals surface area (Å²) in [5, 5.41) is 0. The lowest BCUT2D eigenvalue weighted by molar-refractivity contribution is -0.130. The van der Waals surface area contributed by atoms with E-state index >= 15 is 0 Å². The van der Waals surface area contributed by atoms with Gasteiger partial charge in [-0.3, -0.25) is 4.79 Å². The molecule has 3 heteroatoms. The van der Waals surface area contributed by atoms with Crippen LogP contribution >= 0.6 is 0 Å². The Labute approximate surface area is 117 Å².